The lowest BCUT2D eigenvalue weighted by Crippen LogP contribution is -2.40. The Hall–Kier alpha value is -3.07. The lowest BCUT2D eigenvalue weighted by Gasteiger charge is -2.19. The van der Waals surface area contributed by atoms with Crippen molar-refractivity contribution in [1.82, 2.24) is 29.4 Å². The summed E-state index contributed by atoms with van der Waals surface area (Å²) in [6, 6.07) is 5.46. The molecular weight excluding hydrogens is 360 g/mol. The number of aromatic nitrogens is 5. The van der Waals surface area contributed by atoms with Gasteiger partial charge in [0, 0.05) is 19.1 Å². The van der Waals surface area contributed by atoms with Gasteiger partial charge in [-0.05, 0) is 31.2 Å². The standard InChI is InChI=1S/C16H15ClN6O3/c1-9(24)13(16(26)21(2)3)22-8-18-14-12(15(22)25)19-20-23(14)11-6-4-10(17)5-7-11/h4-8,13H,1-3H3/t13-/m0/s1. The molecule has 0 saturated carbocycles. The molecule has 0 aliphatic rings. The van der Waals surface area contributed by atoms with Gasteiger partial charge in [-0.2, -0.15) is 4.68 Å². The first-order valence-electron chi connectivity index (χ1n) is 7.61. The monoisotopic (exact) mass is 374 g/mol. The average Bonchev–Trinajstić information content (AvgIpc) is 3.02. The van der Waals surface area contributed by atoms with E-state index in [0.29, 0.717) is 10.7 Å². The molecule has 0 unspecified atom stereocenters. The Morgan fingerprint density at radius 3 is 2.42 bits per heavy atom. The Morgan fingerprint density at radius 2 is 1.85 bits per heavy atom. The minimum atomic E-state index is -1.30. The first-order valence-corrected chi connectivity index (χ1v) is 7.99. The van der Waals surface area contributed by atoms with Crippen molar-refractivity contribution < 1.29 is 9.59 Å². The van der Waals surface area contributed by atoms with E-state index in [1.54, 1.807) is 24.3 Å². The second kappa shape index (κ2) is 6.68. The van der Waals surface area contributed by atoms with Crippen LogP contribution in [0.25, 0.3) is 16.9 Å². The number of fused-ring (bicyclic) bond motifs is 1. The molecular formula is C16H15ClN6O3. The number of benzene rings is 1. The molecule has 0 radical (unpaired) electrons. The molecule has 134 valence electrons. The number of Topliss-reactive ketones (excluding diaryl/α,β-unsaturated/α-hetero) is 1. The Labute approximate surface area is 152 Å². The first kappa shape index (κ1) is 17.7. The van der Waals surface area contributed by atoms with Crippen LogP contribution in [-0.4, -0.2) is 55.2 Å². The summed E-state index contributed by atoms with van der Waals surface area (Å²) >= 11 is 5.87. The van der Waals surface area contributed by atoms with Crippen molar-refractivity contribution in [1.29, 1.82) is 0 Å². The second-order valence-corrected chi connectivity index (χ2v) is 6.29. The Bertz CT molecular complexity index is 1050. The zero-order valence-electron chi connectivity index (χ0n) is 14.3. The number of hydrogen-bond acceptors (Lipinski definition) is 6. The van der Waals surface area contributed by atoms with Crippen LogP contribution in [0.5, 0.6) is 0 Å². The lowest BCUT2D eigenvalue weighted by atomic mass is 10.2. The van der Waals surface area contributed by atoms with E-state index >= 15 is 0 Å². The molecule has 2 heterocycles. The molecule has 1 atom stereocenters. The minimum absolute atomic E-state index is 0.0414. The summed E-state index contributed by atoms with van der Waals surface area (Å²) in [5.41, 5.74) is 0.174. The first-order chi connectivity index (χ1) is 12.3. The minimum Gasteiger partial charge on any atom is -0.347 e. The number of ketones is 1. The molecule has 3 aromatic rings. The van der Waals surface area contributed by atoms with Crippen LogP contribution in [0, 0.1) is 0 Å². The van der Waals surface area contributed by atoms with Crippen molar-refractivity contribution in [2.24, 2.45) is 0 Å². The number of amides is 1. The van der Waals surface area contributed by atoms with Crippen molar-refractivity contribution in [3.8, 4) is 5.69 Å². The van der Waals surface area contributed by atoms with Gasteiger partial charge in [-0.25, -0.2) is 4.98 Å². The van der Waals surface area contributed by atoms with Gasteiger partial charge >= 0.3 is 0 Å². The average molecular weight is 375 g/mol. The molecule has 0 aliphatic heterocycles. The summed E-state index contributed by atoms with van der Waals surface area (Å²) in [5.74, 6) is -0.997. The van der Waals surface area contributed by atoms with Crippen molar-refractivity contribution in [2.45, 2.75) is 13.0 Å². The predicted molar refractivity (Wildman–Crippen MR) is 94.3 cm³/mol. The van der Waals surface area contributed by atoms with Gasteiger partial charge in [-0.15, -0.1) is 5.10 Å². The van der Waals surface area contributed by atoms with Crippen molar-refractivity contribution >= 4 is 34.5 Å². The summed E-state index contributed by atoms with van der Waals surface area (Å²) < 4.78 is 2.36. The van der Waals surface area contributed by atoms with Crippen LogP contribution >= 0.6 is 11.6 Å². The summed E-state index contributed by atoms with van der Waals surface area (Å²) in [4.78, 5) is 42.4. The van der Waals surface area contributed by atoms with E-state index in [2.05, 4.69) is 15.3 Å². The third kappa shape index (κ3) is 2.97. The summed E-state index contributed by atoms with van der Waals surface area (Å²) in [6.07, 6.45) is 1.16. The number of halogens is 1. The molecule has 10 heteroatoms. The van der Waals surface area contributed by atoms with Gasteiger partial charge < -0.3 is 4.90 Å². The van der Waals surface area contributed by atoms with Crippen LogP contribution in [0.2, 0.25) is 5.02 Å². The highest BCUT2D eigenvalue weighted by Gasteiger charge is 2.29. The predicted octanol–water partition coefficient (Wildman–Crippen LogP) is 0.849. The highest BCUT2D eigenvalue weighted by atomic mass is 35.5. The number of hydrogen-bond donors (Lipinski definition) is 0. The molecule has 0 N–H and O–H groups in total. The summed E-state index contributed by atoms with van der Waals surface area (Å²) in [7, 11) is 3.01. The fraction of sp³-hybridized carbons (Fsp3) is 0.250. The van der Waals surface area contributed by atoms with Crippen LogP contribution in [0.15, 0.2) is 35.4 Å². The number of rotatable bonds is 4. The Balaban J connectivity index is 2.16. The summed E-state index contributed by atoms with van der Waals surface area (Å²) in [6.45, 7) is 1.24. The SMILES string of the molecule is CC(=O)[C@@H](C(=O)N(C)C)n1cnc2c(nnn2-c2ccc(Cl)cc2)c1=O. The second-order valence-electron chi connectivity index (χ2n) is 5.85. The van der Waals surface area contributed by atoms with Gasteiger partial charge in [-0.1, -0.05) is 16.8 Å². The van der Waals surface area contributed by atoms with E-state index in [4.69, 9.17) is 11.6 Å². The van der Waals surface area contributed by atoms with E-state index in [1.807, 2.05) is 0 Å². The van der Waals surface area contributed by atoms with Crippen molar-refractivity contribution in [3.05, 3.63) is 46.0 Å². The fourth-order valence-electron chi connectivity index (χ4n) is 2.50. The Morgan fingerprint density at radius 1 is 1.19 bits per heavy atom. The van der Waals surface area contributed by atoms with E-state index in [9.17, 15) is 14.4 Å². The Kier molecular flexibility index (Phi) is 4.56. The van der Waals surface area contributed by atoms with E-state index < -0.39 is 23.3 Å². The van der Waals surface area contributed by atoms with Crippen LogP contribution in [-0.2, 0) is 9.59 Å². The number of likely N-dealkylation sites (N-methyl/N-ethyl adjacent to an activating group) is 1. The van der Waals surface area contributed by atoms with Crippen molar-refractivity contribution in [3.63, 3.8) is 0 Å². The molecule has 1 amide bonds. The normalized spacial score (nSPS) is 12.2. The maximum Gasteiger partial charge on any atom is 0.284 e. The molecule has 0 fully saturated rings. The molecule has 2 aromatic heterocycles. The highest BCUT2D eigenvalue weighted by molar-refractivity contribution is 6.30. The number of nitrogens with zero attached hydrogens (tertiary/aromatic N) is 6. The van der Waals surface area contributed by atoms with Gasteiger partial charge in [-0.3, -0.25) is 19.0 Å². The van der Waals surface area contributed by atoms with Gasteiger partial charge in [0.05, 0.1) is 5.69 Å². The molecule has 0 bridgehead atoms. The fourth-order valence-corrected chi connectivity index (χ4v) is 2.62. The molecule has 0 aliphatic carbocycles. The maximum atomic E-state index is 12.8. The van der Waals surface area contributed by atoms with E-state index in [-0.39, 0.29) is 11.2 Å². The smallest absolute Gasteiger partial charge is 0.284 e. The highest BCUT2D eigenvalue weighted by Crippen LogP contribution is 2.16. The molecule has 1 aromatic carbocycles. The van der Waals surface area contributed by atoms with Crippen LogP contribution in [0.1, 0.15) is 13.0 Å². The maximum absolute atomic E-state index is 12.8. The zero-order chi connectivity index (χ0) is 19.0. The third-order valence-corrected chi connectivity index (χ3v) is 4.05. The molecule has 0 spiro atoms. The quantitative estimate of drug-likeness (QED) is 0.627. The van der Waals surface area contributed by atoms with Gasteiger partial charge in [0.2, 0.25) is 0 Å². The van der Waals surface area contributed by atoms with Crippen molar-refractivity contribution in [2.75, 3.05) is 14.1 Å². The third-order valence-electron chi connectivity index (χ3n) is 3.80. The topological polar surface area (TPSA) is 103 Å². The van der Waals surface area contributed by atoms with Gasteiger partial charge in [0.15, 0.2) is 23.0 Å². The van der Waals surface area contributed by atoms with Gasteiger partial charge in [0.25, 0.3) is 11.5 Å². The van der Waals surface area contributed by atoms with Crippen LogP contribution in [0.3, 0.4) is 0 Å². The molecule has 9 nitrogen and oxygen atoms in total. The number of carbonyl (C=O) groups is 2. The molecule has 26 heavy (non-hydrogen) atoms. The number of carbonyl (C=O) groups excluding carboxylic acids is 2. The zero-order valence-corrected chi connectivity index (χ0v) is 15.0. The van der Waals surface area contributed by atoms with E-state index in [1.165, 1.54) is 30.6 Å². The largest absolute Gasteiger partial charge is 0.347 e. The lowest BCUT2D eigenvalue weighted by molar-refractivity contribution is -0.137. The summed E-state index contributed by atoms with van der Waals surface area (Å²) in [5, 5.41) is 8.38. The van der Waals surface area contributed by atoms with Crippen LogP contribution < -0.4 is 5.56 Å². The molecule has 0 saturated heterocycles. The molecule has 3 rings (SSSR count). The van der Waals surface area contributed by atoms with E-state index in [0.717, 1.165) is 10.9 Å². The van der Waals surface area contributed by atoms with Crippen LogP contribution in [0.4, 0.5) is 0 Å². The van der Waals surface area contributed by atoms with Gasteiger partial charge in [0.1, 0.15) is 6.33 Å².